The molecule has 6 heteroatoms. The highest BCUT2D eigenvalue weighted by Crippen LogP contribution is 2.24. The number of hydroxylamine groups is 1. The number of nitrogens with zero attached hydrogens (tertiary/aromatic N) is 1. The Bertz CT molecular complexity index is 1300. The summed E-state index contributed by atoms with van der Waals surface area (Å²) < 4.78 is 26.8. The van der Waals surface area contributed by atoms with Gasteiger partial charge in [0.05, 0.1) is 26.4 Å². The fraction of sp³-hybridized carbons (Fsp3) is 0.265. The van der Waals surface area contributed by atoms with Crippen molar-refractivity contribution in [1.29, 1.82) is 0 Å². The van der Waals surface area contributed by atoms with Crippen LogP contribution in [0, 0.1) is 5.21 Å². The molecule has 206 valence electrons. The second-order valence-electron chi connectivity index (χ2n) is 9.87. The second kappa shape index (κ2) is 14.5. The summed E-state index contributed by atoms with van der Waals surface area (Å²) >= 11 is 0. The highest BCUT2D eigenvalue weighted by molar-refractivity contribution is 5.59. The van der Waals surface area contributed by atoms with Gasteiger partial charge in [0.2, 0.25) is 0 Å². The van der Waals surface area contributed by atoms with Crippen molar-refractivity contribution in [3.8, 4) is 0 Å². The van der Waals surface area contributed by atoms with Crippen molar-refractivity contribution in [2.24, 2.45) is 0 Å². The van der Waals surface area contributed by atoms with E-state index >= 15 is 0 Å². The number of hydrogen-bond acceptors (Lipinski definition) is 5. The van der Waals surface area contributed by atoms with Crippen molar-refractivity contribution in [3.63, 3.8) is 0 Å². The first-order chi connectivity index (χ1) is 19.7. The molecule has 0 amide bonds. The number of hydrogen-bond donors (Lipinski definition) is 0. The summed E-state index contributed by atoms with van der Waals surface area (Å²) in [7, 11) is 0. The van der Waals surface area contributed by atoms with Crippen molar-refractivity contribution < 1.29 is 23.7 Å². The van der Waals surface area contributed by atoms with Crippen molar-refractivity contribution in [1.82, 2.24) is 0 Å². The van der Waals surface area contributed by atoms with Gasteiger partial charge in [-0.2, -0.15) is 0 Å². The van der Waals surface area contributed by atoms with Crippen LogP contribution in [-0.2, 0) is 45.4 Å². The molecule has 0 spiro atoms. The Morgan fingerprint density at radius 3 is 1.32 bits per heavy atom. The molecule has 1 aliphatic rings. The third-order valence-electron chi connectivity index (χ3n) is 6.85. The smallest absolute Gasteiger partial charge is 0.182 e. The molecule has 6 nitrogen and oxygen atoms in total. The first-order valence-corrected chi connectivity index (χ1v) is 13.7. The van der Waals surface area contributed by atoms with Gasteiger partial charge < -0.3 is 24.2 Å². The zero-order chi connectivity index (χ0) is 27.4. The van der Waals surface area contributed by atoms with Crippen molar-refractivity contribution >= 4 is 6.21 Å². The third kappa shape index (κ3) is 8.10. The van der Waals surface area contributed by atoms with Crippen LogP contribution in [0.1, 0.15) is 22.3 Å². The average molecular weight is 538 g/mol. The molecule has 4 atom stereocenters. The SMILES string of the molecule is [O-][N+]1=C[C@H](OCc2ccccc2)[C@@H](OCc2ccccc2)[C@H](OCc2ccccc2)[C@H](OCc2ccccc2)C1. The molecule has 0 unspecified atom stereocenters. The van der Waals surface area contributed by atoms with E-state index in [0.29, 0.717) is 26.4 Å². The lowest BCUT2D eigenvalue weighted by Crippen LogP contribution is -2.49. The zero-order valence-corrected chi connectivity index (χ0v) is 22.5. The molecule has 4 aromatic carbocycles. The number of ether oxygens (including phenoxy) is 4. The minimum Gasteiger partial charge on any atom is -0.624 e. The van der Waals surface area contributed by atoms with Gasteiger partial charge in [0, 0.05) is 0 Å². The molecular formula is C34H35NO5. The quantitative estimate of drug-likeness (QED) is 0.166. The Kier molecular flexibility index (Phi) is 10.1. The molecule has 0 aliphatic carbocycles. The molecular weight excluding hydrogens is 502 g/mol. The van der Waals surface area contributed by atoms with E-state index in [1.165, 1.54) is 0 Å². The van der Waals surface area contributed by atoms with Gasteiger partial charge in [-0.05, 0) is 22.3 Å². The van der Waals surface area contributed by atoms with E-state index in [-0.39, 0.29) is 6.54 Å². The summed E-state index contributed by atoms with van der Waals surface area (Å²) in [5.74, 6) is 0. The van der Waals surface area contributed by atoms with Crippen LogP contribution in [-0.4, -0.2) is 41.9 Å². The first kappa shape index (κ1) is 27.7. The zero-order valence-electron chi connectivity index (χ0n) is 22.5. The van der Waals surface area contributed by atoms with E-state index in [9.17, 15) is 5.21 Å². The van der Waals surface area contributed by atoms with Crippen LogP contribution < -0.4 is 0 Å². The van der Waals surface area contributed by atoms with Gasteiger partial charge in [-0.25, -0.2) is 4.74 Å². The second-order valence-corrected chi connectivity index (χ2v) is 9.87. The summed E-state index contributed by atoms with van der Waals surface area (Å²) in [5, 5.41) is 13.2. The molecule has 1 heterocycles. The van der Waals surface area contributed by atoms with Gasteiger partial charge in [0.1, 0.15) is 18.3 Å². The van der Waals surface area contributed by atoms with E-state index in [0.717, 1.165) is 27.0 Å². The molecule has 0 aromatic heterocycles. The van der Waals surface area contributed by atoms with Crippen LogP contribution in [0.5, 0.6) is 0 Å². The molecule has 4 aromatic rings. The van der Waals surface area contributed by atoms with E-state index < -0.39 is 24.4 Å². The van der Waals surface area contributed by atoms with Crippen LogP contribution in [0.15, 0.2) is 121 Å². The minimum absolute atomic E-state index is 0.0999. The monoisotopic (exact) mass is 537 g/mol. The lowest BCUT2D eigenvalue weighted by atomic mass is 10.0. The van der Waals surface area contributed by atoms with Gasteiger partial charge in [0.25, 0.3) is 0 Å². The predicted molar refractivity (Wildman–Crippen MR) is 155 cm³/mol. The fourth-order valence-electron chi connectivity index (χ4n) is 4.74. The third-order valence-corrected chi connectivity index (χ3v) is 6.85. The van der Waals surface area contributed by atoms with Crippen LogP contribution in [0.25, 0.3) is 0 Å². The summed E-state index contributed by atoms with van der Waals surface area (Å²) in [4.78, 5) is 0. The van der Waals surface area contributed by atoms with E-state index in [2.05, 4.69) is 0 Å². The van der Waals surface area contributed by atoms with E-state index in [1.54, 1.807) is 6.21 Å². The van der Waals surface area contributed by atoms with Gasteiger partial charge in [0.15, 0.2) is 18.9 Å². The highest BCUT2D eigenvalue weighted by Gasteiger charge is 2.43. The van der Waals surface area contributed by atoms with Crippen LogP contribution in [0.4, 0.5) is 0 Å². The molecule has 0 N–H and O–H groups in total. The van der Waals surface area contributed by atoms with Gasteiger partial charge >= 0.3 is 0 Å². The van der Waals surface area contributed by atoms with Crippen molar-refractivity contribution in [2.45, 2.75) is 50.8 Å². The molecule has 0 bridgehead atoms. The summed E-state index contributed by atoms with van der Waals surface area (Å²) in [6, 6.07) is 39.8. The summed E-state index contributed by atoms with van der Waals surface area (Å²) in [6.07, 6.45) is -0.796. The maximum absolute atomic E-state index is 13.2. The topological polar surface area (TPSA) is 63.0 Å². The summed E-state index contributed by atoms with van der Waals surface area (Å²) in [5.41, 5.74) is 4.09. The number of benzene rings is 4. The lowest BCUT2D eigenvalue weighted by molar-refractivity contribution is -0.469. The Morgan fingerprint density at radius 1 is 0.500 bits per heavy atom. The maximum Gasteiger partial charge on any atom is 0.182 e. The predicted octanol–water partition coefficient (Wildman–Crippen LogP) is 5.92. The largest absolute Gasteiger partial charge is 0.624 e. The Morgan fingerprint density at radius 2 is 0.875 bits per heavy atom. The highest BCUT2D eigenvalue weighted by atomic mass is 16.6. The molecule has 1 aliphatic heterocycles. The summed E-state index contributed by atoms with van der Waals surface area (Å²) in [6.45, 7) is 1.49. The van der Waals surface area contributed by atoms with Crippen LogP contribution in [0.2, 0.25) is 0 Å². The normalized spacial score (nSPS) is 20.9. The van der Waals surface area contributed by atoms with Crippen molar-refractivity contribution in [3.05, 3.63) is 149 Å². The standard InChI is InChI=1S/C34H35NO5/c36-35-21-31(37-23-27-13-5-1-6-14-27)33(39-25-29-17-9-3-10-18-29)34(40-26-30-19-11-4-12-20-30)32(22-35)38-24-28-15-7-2-8-16-28/h1-21,31-34H,22-26H2/t31-,32+,33+,34+/m0/s1. The van der Waals surface area contributed by atoms with E-state index in [1.807, 2.05) is 121 Å². The Hall–Kier alpha value is -3.81. The lowest BCUT2D eigenvalue weighted by Gasteiger charge is -2.33. The van der Waals surface area contributed by atoms with E-state index in [4.69, 9.17) is 18.9 Å². The Balaban J connectivity index is 1.42. The van der Waals surface area contributed by atoms with Gasteiger partial charge in [-0.3, -0.25) is 0 Å². The fourth-order valence-corrected chi connectivity index (χ4v) is 4.74. The Labute approximate surface area is 236 Å². The van der Waals surface area contributed by atoms with Crippen LogP contribution in [0.3, 0.4) is 0 Å². The molecule has 5 rings (SSSR count). The van der Waals surface area contributed by atoms with Gasteiger partial charge in [-0.15, -0.1) is 0 Å². The maximum atomic E-state index is 13.2. The molecule has 40 heavy (non-hydrogen) atoms. The molecule has 0 saturated carbocycles. The molecule has 0 radical (unpaired) electrons. The molecule has 0 saturated heterocycles. The van der Waals surface area contributed by atoms with Gasteiger partial charge in [-0.1, -0.05) is 121 Å². The average Bonchev–Trinajstić information content (AvgIpc) is 3.14. The first-order valence-electron chi connectivity index (χ1n) is 13.7. The number of rotatable bonds is 12. The van der Waals surface area contributed by atoms with Crippen LogP contribution >= 0.6 is 0 Å². The van der Waals surface area contributed by atoms with Crippen molar-refractivity contribution in [2.75, 3.05) is 6.54 Å². The molecule has 0 fully saturated rings. The minimum atomic E-state index is -0.646.